The van der Waals surface area contributed by atoms with Gasteiger partial charge in [0.05, 0.1) is 0 Å². The van der Waals surface area contributed by atoms with E-state index < -0.39 is 0 Å². The van der Waals surface area contributed by atoms with Gasteiger partial charge in [-0.3, -0.25) is 4.79 Å². The van der Waals surface area contributed by atoms with E-state index in [1.807, 2.05) is 0 Å². The summed E-state index contributed by atoms with van der Waals surface area (Å²) in [7, 11) is 0. The van der Waals surface area contributed by atoms with E-state index in [-0.39, 0.29) is 30.3 Å². The van der Waals surface area contributed by atoms with Crippen molar-refractivity contribution in [1.29, 1.82) is 0 Å². The molecule has 2 atom stereocenters. The predicted molar refractivity (Wildman–Crippen MR) is 81.4 cm³/mol. The maximum Gasteiger partial charge on any atom is 0.223 e. The summed E-state index contributed by atoms with van der Waals surface area (Å²) in [4.78, 5) is 12.0. The first-order chi connectivity index (χ1) is 8.75. The van der Waals surface area contributed by atoms with Crippen LogP contribution >= 0.6 is 12.4 Å². The van der Waals surface area contributed by atoms with Gasteiger partial charge in [-0.1, -0.05) is 32.1 Å². The molecule has 3 nitrogen and oxygen atoms in total. The molecular weight excluding hydrogens is 260 g/mol. The highest BCUT2D eigenvalue weighted by Crippen LogP contribution is 2.28. The van der Waals surface area contributed by atoms with E-state index in [1.165, 1.54) is 32.1 Å². The molecule has 3 N–H and O–H groups in total. The second-order valence-corrected chi connectivity index (χ2v) is 6.21. The lowest BCUT2D eigenvalue weighted by Crippen LogP contribution is -2.38. The van der Waals surface area contributed by atoms with Gasteiger partial charge in [0.15, 0.2) is 0 Å². The number of rotatable bonds is 5. The van der Waals surface area contributed by atoms with E-state index in [4.69, 9.17) is 5.73 Å². The van der Waals surface area contributed by atoms with Crippen molar-refractivity contribution in [2.24, 2.45) is 17.6 Å². The number of carbonyl (C=O) groups is 1. The van der Waals surface area contributed by atoms with Crippen LogP contribution < -0.4 is 11.1 Å². The van der Waals surface area contributed by atoms with Gasteiger partial charge in [-0.15, -0.1) is 12.4 Å². The molecule has 2 saturated carbocycles. The molecule has 2 fully saturated rings. The van der Waals surface area contributed by atoms with Crippen LogP contribution in [-0.2, 0) is 4.79 Å². The summed E-state index contributed by atoms with van der Waals surface area (Å²) >= 11 is 0. The van der Waals surface area contributed by atoms with Crippen LogP contribution in [-0.4, -0.2) is 18.5 Å². The van der Waals surface area contributed by atoms with Gasteiger partial charge in [0, 0.05) is 18.5 Å². The zero-order valence-corrected chi connectivity index (χ0v) is 12.7. The Labute approximate surface area is 123 Å². The fraction of sp³-hybridized carbons (Fsp3) is 0.933. The SMILES string of the molecule is Cl.NC1CCCC(C(=O)NCCCC2CCCC2)C1. The third kappa shape index (κ3) is 5.70. The zero-order chi connectivity index (χ0) is 12.8. The number of nitrogens with one attached hydrogen (secondary N) is 1. The maximum atomic E-state index is 12.0. The maximum absolute atomic E-state index is 12.0. The molecule has 2 unspecified atom stereocenters. The molecule has 2 aliphatic rings. The highest BCUT2D eigenvalue weighted by molar-refractivity contribution is 5.85. The van der Waals surface area contributed by atoms with Gasteiger partial charge in [0.2, 0.25) is 5.91 Å². The lowest BCUT2D eigenvalue weighted by Gasteiger charge is -2.25. The Morgan fingerprint density at radius 1 is 1.11 bits per heavy atom. The molecule has 2 rings (SSSR count). The Bertz CT molecular complexity index is 267. The summed E-state index contributed by atoms with van der Waals surface area (Å²) in [6.45, 7) is 0.862. The molecule has 19 heavy (non-hydrogen) atoms. The van der Waals surface area contributed by atoms with Gasteiger partial charge in [0.25, 0.3) is 0 Å². The Morgan fingerprint density at radius 2 is 1.84 bits per heavy atom. The van der Waals surface area contributed by atoms with E-state index in [9.17, 15) is 4.79 Å². The number of amides is 1. The van der Waals surface area contributed by atoms with Crippen molar-refractivity contribution in [2.45, 2.75) is 70.3 Å². The lowest BCUT2D eigenvalue weighted by molar-refractivity contribution is -0.126. The molecule has 112 valence electrons. The molecule has 2 aliphatic carbocycles. The summed E-state index contributed by atoms with van der Waals surface area (Å²) < 4.78 is 0. The van der Waals surface area contributed by atoms with Crippen LogP contribution in [0, 0.1) is 11.8 Å². The van der Waals surface area contributed by atoms with E-state index in [0.717, 1.165) is 44.6 Å². The topological polar surface area (TPSA) is 55.1 Å². The van der Waals surface area contributed by atoms with Gasteiger partial charge >= 0.3 is 0 Å². The third-order valence-corrected chi connectivity index (χ3v) is 4.65. The summed E-state index contributed by atoms with van der Waals surface area (Å²) in [5.74, 6) is 1.36. The van der Waals surface area contributed by atoms with Crippen LogP contribution in [0.3, 0.4) is 0 Å². The van der Waals surface area contributed by atoms with E-state index in [2.05, 4.69) is 5.32 Å². The molecule has 1 amide bonds. The minimum atomic E-state index is 0. The largest absolute Gasteiger partial charge is 0.356 e. The molecule has 0 aromatic carbocycles. The molecule has 0 saturated heterocycles. The van der Waals surface area contributed by atoms with Crippen molar-refractivity contribution in [3.63, 3.8) is 0 Å². The molecule has 0 spiro atoms. The number of carbonyl (C=O) groups excluding carboxylic acids is 1. The van der Waals surface area contributed by atoms with Crippen molar-refractivity contribution in [3.05, 3.63) is 0 Å². The van der Waals surface area contributed by atoms with Crippen LogP contribution in [0.15, 0.2) is 0 Å². The van der Waals surface area contributed by atoms with Crippen molar-refractivity contribution < 1.29 is 4.79 Å². The Hall–Kier alpha value is -0.280. The Morgan fingerprint density at radius 3 is 2.53 bits per heavy atom. The van der Waals surface area contributed by atoms with Gasteiger partial charge in [0.1, 0.15) is 0 Å². The number of hydrogen-bond acceptors (Lipinski definition) is 2. The van der Waals surface area contributed by atoms with E-state index >= 15 is 0 Å². The summed E-state index contributed by atoms with van der Waals surface area (Å²) in [5, 5.41) is 3.10. The Kier molecular flexibility index (Phi) is 7.77. The summed E-state index contributed by atoms with van der Waals surface area (Å²) in [6.07, 6.45) is 12.2. The van der Waals surface area contributed by atoms with Gasteiger partial charge in [-0.05, 0) is 38.0 Å². The van der Waals surface area contributed by atoms with Gasteiger partial charge < -0.3 is 11.1 Å². The highest BCUT2D eigenvalue weighted by atomic mass is 35.5. The van der Waals surface area contributed by atoms with Gasteiger partial charge in [-0.2, -0.15) is 0 Å². The fourth-order valence-electron chi connectivity index (χ4n) is 3.51. The van der Waals surface area contributed by atoms with E-state index in [0.29, 0.717) is 0 Å². The first-order valence-corrected chi connectivity index (χ1v) is 7.79. The van der Waals surface area contributed by atoms with Crippen molar-refractivity contribution >= 4 is 18.3 Å². The fourth-order valence-corrected chi connectivity index (χ4v) is 3.51. The molecule has 4 heteroatoms. The third-order valence-electron chi connectivity index (χ3n) is 4.65. The molecule has 0 aromatic rings. The monoisotopic (exact) mass is 288 g/mol. The zero-order valence-electron chi connectivity index (χ0n) is 11.9. The average molecular weight is 289 g/mol. The first kappa shape index (κ1) is 16.8. The van der Waals surface area contributed by atoms with Crippen molar-refractivity contribution in [2.75, 3.05) is 6.54 Å². The molecule has 0 aliphatic heterocycles. The molecule has 0 radical (unpaired) electrons. The van der Waals surface area contributed by atoms with E-state index in [1.54, 1.807) is 0 Å². The smallest absolute Gasteiger partial charge is 0.223 e. The first-order valence-electron chi connectivity index (χ1n) is 7.79. The predicted octanol–water partition coefficient (Wildman–Crippen LogP) is 3.01. The lowest BCUT2D eigenvalue weighted by atomic mass is 9.85. The second kappa shape index (κ2) is 8.80. The average Bonchev–Trinajstić information content (AvgIpc) is 2.87. The number of halogens is 1. The second-order valence-electron chi connectivity index (χ2n) is 6.21. The van der Waals surface area contributed by atoms with Crippen molar-refractivity contribution in [1.82, 2.24) is 5.32 Å². The van der Waals surface area contributed by atoms with Crippen LogP contribution in [0.25, 0.3) is 0 Å². The highest BCUT2D eigenvalue weighted by Gasteiger charge is 2.24. The summed E-state index contributed by atoms with van der Waals surface area (Å²) in [5.41, 5.74) is 5.92. The summed E-state index contributed by atoms with van der Waals surface area (Å²) in [6, 6.07) is 0.244. The number of nitrogens with two attached hydrogens (primary N) is 1. The molecule has 0 aromatic heterocycles. The van der Waals surface area contributed by atoms with Crippen LogP contribution in [0.1, 0.15) is 64.2 Å². The molecule has 0 bridgehead atoms. The van der Waals surface area contributed by atoms with Gasteiger partial charge in [-0.25, -0.2) is 0 Å². The number of hydrogen-bond donors (Lipinski definition) is 2. The minimum absolute atomic E-state index is 0. The van der Waals surface area contributed by atoms with Crippen LogP contribution in [0.2, 0.25) is 0 Å². The van der Waals surface area contributed by atoms with Crippen LogP contribution in [0.4, 0.5) is 0 Å². The normalized spacial score (nSPS) is 27.8. The standard InChI is InChI=1S/C15H28N2O.ClH/c16-14-9-3-8-13(11-14)15(18)17-10-4-7-12-5-1-2-6-12;/h12-14H,1-11,16H2,(H,17,18);1H. The quantitative estimate of drug-likeness (QED) is 0.764. The minimum Gasteiger partial charge on any atom is -0.356 e. The Balaban J connectivity index is 0.00000180. The molecule has 0 heterocycles. The van der Waals surface area contributed by atoms with Crippen LogP contribution in [0.5, 0.6) is 0 Å². The van der Waals surface area contributed by atoms with Crippen molar-refractivity contribution in [3.8, 4) is 0 Å². The molecular formula is C15H29ClN2O.